The highest BCUT2D eigenvalue weighted by molar-refractivity contribution is 6.77. The van der Waals surface area contributed by atoms with Crippen LogP contribution < -0.4 is 0 Å². The van der Waals surface area contributed by atoms with E-state index in [9.17, 15) is 0 Å². The van der Waals surface area contributed by atoms with Crippen LogP contribution in [0.1, 0.15) is 34.6 Å². The minimum atomic E-state index is -1.26. The van der Waals surface area contributed by atoms with Gasteiger partial charge in [0.15, 0.2) is 0 Å². The molecule has 1 nitrogen and oxygen atoms in total. The first-order valence-electron chi connectivity index (χ1n) is 6.45. The third-order valence-electron chi connectivity index (χ3n) is 3.57. The quantitative estimate of drug-likeness (QED) is 0.447. The minimum Gasteiger partial charge on any atom is -0.316 e. The molecule has 0 saturated heterocycles. The Morgan fingerprint density at radius 2 is 1.19 bits per heavy atom. The Bertz CT molecular complexity index is 217. The molecule has 0 aliphatic heterocycles. The highest BCUT2D eigenvalue weighted by Crippen LogP contribution is 2.26. The summed E-state index contributed by atoms with van der Waals surface area (Å²) in [5.41, 5.74) is 2.54. The van der Waals surface area contributed by atoms with Crippen LogP contribution in [0.2, 0.25) is 18.1 Å². The lowest BCUT2D eigenvalue weighted by Crippen LogP contribution is -2.53. The van der Waals surface area contributed by atoms with Crippen molar-refractivity contribution in [2.24, 2.45) is 0 Å². The predicted octanol–water partition coefficient (Wildman–Crippen LogP) is 4.45. The molecule has 0 fully saturated rings. The molecule has 0 saturated carbocycles. The maximum atomic E-state index is 4.07. The lowest BCUT2D eigenvalue weighted by molar-refractivity contribution is 0.479. The molecule has 0 radical (unpaired) electrons. The first-order chi connectivity index (χ1) is 7.41. The molecule has 0 bridgehead atoms. The highest BCUT2D eigenvalue weighted by Gasteiger charge is 2.33. The molecule has 0 amide bonds. The smallest absolute Gasteiger partial charge is 0.128 e. The zero-order chi connectivity index (χ0) is 12.8. The van der Waals surface area contributed by atoms with Crippen LogP contribution >= 0.6 is 0 Å². The van der Waals surface area contributed by atoms with Gasteiger partial charge in [0.25, 0.3) is 0 Å². The maximum absolute atomic E-state index is 4.07. The Hall–Kier alpha value is -0.343. The van der Waals surface area contributed by atoms with Gasteiger partial charge >= 0.3 is 0 Å². The van der Waals surface area contributed by atoms with E-state index in [0.717, 1.165) is 13.1 Å². The average molecular weight is 239 g/mol. The number of hydrogen-bond donors (Lipinski definition) is 0. The van der Waals surface area contributed by atoms with E-state index in [2.05, 4.69) is 52.3 Å². The van der Waals surface area contributed by atoms with Crippen LogP contribution in [0, 0.1) is 0 Å². The fraction of sp³-hybridized carbons (Fsp3) is 0.714. The van der Waals surface area contributed by atoms with Gasteiger partial charge in [-0.3, -0.25) is 0 Å². The molecule has 2 heteroatoms. The summed E-state index contributed by atoms with van der Waals surface area (Å²) in [5, 5.41) is 0. The maximum Gasteiger partial charge on any atom is 0.128 e. The Labute approximate surface area is 103 Å². The van der Waals surface area contributed by atoms with Crippen molar-refractivity contribution in [3.8, 4) is 0 Å². The van der Waals surface area contributed by atoms with E-state index in [0.29, 0.717) is 0 Å². The van der Waals surface area contributed by atoms with Gasteiger partial charge in [0, 0.05) is 13.1 Å². The molecule has 94 valence electrons. The first-order valence-corrected chi connectivity index (χ1v) is 9.02. The Morgan fingerprint density at radius 1 is 0.875 bits per heavy atom. The largest absolute Gasteiger partial charge is 0.316 e. The second kappa shape index (κ2) is 7.07. The first kappa shape index (κ1) is 15.7. The molecule has 0 rings (SSSR count). The van der Waals surface area contributed by atoms with Crippen molar-refractivity contribution in [2.45, 2.75) is 52.8 Å². The summed E-state index contributed by atoms with van der Waals surface area (Å²) in [7, 11) is -1.26. The molecule has 0 aromatic heterocycles. The van der Waals surface area contributed by atoms with Gasteiger partial charge in [-0.15, -0.1) is 0 Å². The van der Waals surface area contributed by atoms with E-state index in [1.54, 1.807) is 0 Å². The van der Waals surface area contributed by atoms with Gasteiger partial charge in [0.2, 0.25) is 0 Å². The van der Waals surface area contributed by atoms with Crippen LogP contribution in [-0.4, -0.2) is 25.9 Å². The summed E-state index contributed by atoms with van der Waals surface area (Å²) in [6, 6.07) is 4.00. The molecule has 0 aromatic carbocycles. The standard InChI is InChI=1S/C14H29NSi/c1-8-16(9-2,10-3)15(11-13(4)5)12-14(6)7/h4,6,8-12H2,1-3,5,7H3. The minimum absolute atomic E-state index is 1.05. The van der Waals surface area contributed by atoms with Crippen molar-refractivity contribution in [2.75, 3.05) is 13.1 Å². The van der Waals surface area contributed by atoms with Gasteiger partial charge in [-0.2, -0.15) is 0 Å². The van der Waals surface area contributed by atoms with Crippen LogP contribution in [0.4, 0.5) is 0 Å². The van der Waals surface area contributed by atoms with Gasteiger partial charge < -0.3 is 4.57 Å². The topological polar surface area (TPSA) is 3.24 Å². The fourth-order valence-corrected chi connectivity index (χ4v) is 6.52. The van der Waals surface area contributed by atoms with E-state index >= 15 is 0 Å². The molecule has 0 unspecified atom stereocenters. The summed E-state index contributed by atoms with van der Waals surface area (Å²) >= 11 is 0. The lowest BCUT2D eigenvalue weighted by Gasteiger charge is -2.41. The van der Waals surface area contributed by atoms with Crippen LogP contribution in [0.15, 0.2) is 24.3 Å². The Kier molecular flexibility index (Phi) is 6.92. The third kappa shape index (κ3) is 4.26. The van der Waals surface area contributed by atoms with E-state index in [1.165, 1.54) is 29.3 Å². The van der Waals surface area contributed by atoms with Gasteiger partial charge in [-0.1, -0.05) is 45.1 Å². The lowest BCUT2D eigenvalue weighted by atomic mass is 10.3. The van der Waals surface area contributed by atoms with Crippen LogP contribution in [0.5, 0.6) is 0 Å². The SMILES string of the molecule is C=C(C)CN(CC(=C)C)[Si](CC)(CC)CC. The predicted molar refractivity (Wildman–Crippen MR) is 78.4 cm³/mol. The van der Waals surface area contributed by atoms with Crippen molar-refractivity contribution < 1.29 is 0 Å². The second-order valence-electron chi connectivity index (χ2n) is 5.06. The molecule has 0 atom stereocenters. The highest BCUT2D eigenvalue weighted by atomic mass is 28.3. The van der Waals surface area contributed by atoms with Crippen molar-refractivity contribution >= 4 is 8.24 Å². The average Bonchev–Trinajstić information content (AvgIpc) is 2.19. The molecular formula is C14H29NSi. The van der Waals surface area contributed by atoms with E-state index < -0.39 is 8.24 Å². The Morgan fingerprint density at radius 3 is 1.38 bits per heavy atom. The molecular weight excluding hydrogens is 210 g/mol. The fourth-order valence-electron chi connectivity index (χ4n) is 2.46. The van der Waals surface area contributed by atoms with Crippen molar-refractivity contribution in [3.63, 3.8) is 0 Å². The van der Waals surface area contributed by atoms with Gasteiger partial charge in [0.05, 0.1) is 0 Å². The van der Waals surface area contributed by atoms with Crippen molar-refractivity contribution in [1.82, 2.24) is 4.57 Å². The van der Waals surface area contributed by atoms with Gasteiger partial charge in [-0.05, 0) is 32.0 Å². The van der Waals surface area contributed by atoms with E-state index in [1.807, 2.05) is 0 Å². The third-order valence-corrected chi connectivity index (χ3v) is 9.17. The molecule has 0 spiro atoms. The zero-order valence-corrected chi connectivity index (χ0v) is 12.9. The summed E-state index contributed by atoms with van der Waals surface area (Å²) in [6.07, 6.45) is 0. The number of rotatable bonds is 8. The van der Waals surface area contributed by atoms with Gasteiger partial charge in [-0.25, -0.2) is 0 Å². The summed E-state index contributed by atoms with van der Waals surface area (Å²) in [6.45, 7) is 21.6. The molecule has 16 heavy (non-hydrogen) atoms. The van der Waals surface area contributed by atoms with Crippen LogP contribution in [-0.2, 0) is 0 Å². The molecule has 0 aromatic rings. The van der Waals surface area contributed by atoms with Crippen molar-refractivity contribution in [1.29, 1.82) is 0 Å². The number of nitrogens with zero attached hydrogens (tertiary/aromatic N) is 1. The van der Waals surface area contributed by atoms with Crippen LogP contribution in [0.25, 0.3) is 0 Å². The van der Waals surface area contributed by atoms with E-state index in [-0.39, 0.29) is 0 Å². The summed E-state index contributed by atoms with van der Waals surface area (Å²) in [5.74, 6) is 0. The molecule has 0 aliphatic rings. The Balaban J connectivity index is 4.94. The van der Waals surface area contributed by atoms with Crippen molar-refractivity contribution in [3.05, 3.63) is 24.3 Å². The zero-order valence-electron chi connectivity index (χ0n) is 11.9. The normalized spacial score (nSPS) is 11.9. The molecule has 0 heterocycles. The summed E-state index contributed by atoms with van der Waals surface area (Å²) < 4.78 is 2.69. The second-order valence-corrected chi connectivity index (χ2v) is 10.3. The van der Waals surface area contributed by atoms with E-state index in [4.69, 9.17) is 0 Å². The van der Waals surface area contributed by atoms with Crippen LogP contribution in [0.3, 0.4) is 0 Å². The number of hydrogen-bond acceptors (Lipinski definition) is 1. The monoisotopic (exact) mass is 239 g/mol. The molecule has 0 aliphatic carbocycles. The summed E-state index contributed by atoms with van der Waals surface area (Å²) in [4.78, 5) is 0. The molecule has 0 N–H and O–H groups in total. The van der Waals surface area contributed by atoms with Gasteiger partial charge in [0.1, 0.15) is 8.24 Å².